The smallest absolute Gasteiger partial charge is 0.260 e. The van der Waals surface area contributed by atoms with Gasteiger partial charge in [0.2, 0.25) is 10.0 Å². The van der Waals surface area contributed by atoms with Gasteiger partial charge in [-0.3, -0.25) is 14.7 Å². The van der Waals surface area contributed by atoms with Crippen molar-refractivity contribution in [2.24, 2.45) is 11.8 Å². The van der Waals surface area contributed by atoms with E-state index >= 15 is 0 Å². The number of nitrogens with zero attached hydrogens (tertiary/aromatic N) is 4. The van der Waals surface area contributed by atoms with Crippen molar-refractivity contribution in [2.45, 2.75) is 39.1 Å². The van der Waals surface area contributed by atoms with Crippen molar-refractivity contribution < 1.29 is 17.9 Å². The van der Waals surface area contributed by atoms with Gasteiger partial charge in [0.15, 0.2) is 5.13 Å². The maximum Gasteiger partial charge on any atom is 0.260 e. The third-order valence-electron chi connectivity index (χ3n) is 5.98. The van der Waals surface area contributed by atoms with E-state index in [2.05, 4.69) is 4.98 Å². The van der Waals surface area contributed by atoms with E-state index in [1.165, 1.54) is 27.8 Å². The lowest BCUT2D eigenvalue weighted by Crippen LogP contribution is -2.37. The number of methoxy groups -OCH3 is 1. The van der Waals surface area contributed by atoms with Crippen LogP contribution in [0.2, 0.25) is 0 Å². The molecule has 0 bridgehead atoms. The van der Waals surface area contributed by atoms with E-state index in [1.54, 1.807) is 30.3 Å². The second-order valence-electron chi connectivity index (χ2n) is 10.2. The Morgan fingerprint density at radius 3 is 2.26 bits per heavy atom. The van der Waals surface area contributed by atoms with Crippen LogP contribution in [0.5, 0.6) is 5.75 Å². The largest absolute Gasteiger partial charge is 0.497 e. The lowest BCUT2D eigenvalue weighted by atomic mass is 10.2. The minimum atomic E-state index is -3.70. The molecule has 2 heterocycles. The van der Waals surface area contributed by atoms with Gasteiger partial charge < -0.3 is 4.74 Å². The number of aromatic nitrogens is 2. The van der Waals surface area contributed by atoms with Gasteiger partial charge >= 0.3 is 0 Å². The first-order valence-corrected chi connectivity index (χ1v) is 15.1. The van der Waals surface area contributed by atoms with Gasteiger partial charge in [-0.2, -0.15) is 4.31 Å². The topological polar surface area (TPSA) is 92.7 Å². The monoisotopic (exact) mass is 566 g/mol. The first kappa shape index (κ1) is 28.7. The first-order valence-electron chi connectivity index (χ1n) is 12.8. The fourth-order valence-electron chi connectivity index (χ4n) is 4.18. The quantitative estimate of drug-likeness (QED) is 0.226. The van der Waals surface area contributed by atoms with Crippen LogP contribution in [0.4, 0.5) is 5.13 Å². The Kier molecular flexibility index (Phi) is 8.99. The Labute approximate surface area is 234 Å². The van der Waals surface area contributed by atoms with Crippen molar-refractivity contribution in [3.8, 4) is 5.75 Å². The third-order valence-corrected chi connectivity index (χ3v) is 8.89. The molecule has 0 saturated heterocycles. The second kappa shape index (κ2) is 12.2. The van der Waals surface area contributed by atoms with Gasteiger partial charge in [-0.1, -0.05) is 45.1 Å². The molecule has 0 radical (unpaired) electrons. The average molecular weight is 567 g/mol. The number of fused-ring (bicyclic) bond motifs is 1. The SMILES string of the molecule is COc1ccc2sc(N(Cc3ccccn3)C(=O)c3ccc(S(=O)(=O)N(CC(C)C)CC(C)C)cc3)nc2c1. The standard InChI is InChI=1S/C29H34N4O4S2/c1-20(2)17-32(18-21(3)4)39(35,36)25-12-9-22(10-13-25)28(34)33(19-23-8-6-7-15-30-23)29-31-26-16-24(37-5)11-14-27(26)38-29/h6-16,20-21H,17-19H2,1-5H3. The van der Waals surface area contributed by atoms with Crippen molar-refractivity contribution in [3.63, 3.8) is 0 Å². The van der Waals surface area contributed by atoms with Crippen molar-refractivity contribution in [1.29, 1.82) is 0 Å². The van der Waals surface area contributed by atoms with E-state index in [0.29, 0.717) is 35.2 Å². The van der Waals surface area contributed by atoms with Crippen LogP contribution in [0, 0.1) is 11.8 Å². The zero-order valence-corrected chi connectivity index (χ0v) is 24.5. The van der Waals surface area contributed by atoms with Gasteiger partial charge in [0, 0.05) is 30.9 Å². The summed E-state index contributed by atoms with van der Waals surface area (Å²) in [5, 5.41) is 0.519. The zero-order valence-electron chi connectivity index (χ0n) is 22.9. The number of hydrogen-bond acceptors (Lipinski definition) is 7. The molecule has 0 N–H and O–H groups in total. The van der Waals surface area contributed by atoms with Crippen molar-refractivity contribution in [3.05, 3.63) is 78.1 Å². The summed E-state index contributed by atoms with van der Waals surface area (Å²) < 4.78 is 34.6. The number of rotatable bonds is 11. The Hall–Kier alpha value is -3.34. The molecule has 206 valence electrons. The molecule has 2 aromatic carbocycles. The summed E-state index contributed by atoms with van der Waals surface area (Å²) in [5.74, 6) is 0.765. The number of carbonyl (C=O) groups excluding carboxylic acids is 1. The molecular formula is C29H34N4O4S2. The Balaban J connectivity index is 1.67. The summed E-state index contributed by atoms with van der Waals surface area (Å²) in [6.45, 7) is 9.08. The highest BCUT2D eigenvalue weighted by atomic mass is 32.2. The van der Waals surface area contributed by atoms with E-state index < -0.39 is 10.0 Å². The highest BCUT2D eigenvalue weighted by Crippen LogP contribution is 2.33. The molecule has 39 heavy (non-hydrogen) atoms. The van der Waals surface area contributed by atoms with Crippen LogP contribution in [0.15, 0.2) is 71.8 Å². The molecule has 0 aliphatic heterocycles. The molecule has 1 amide bonds. The van der Waals surface area contributed by atoms with E-state index in [-0.39, 0.29) is 29.2 Å². The molecule has 0 atom stereocenters. The van der Waals surface area contributed by atoms with Crippen LogP contribution in [0.25, 0.3) is 10.2 Å². The van der Waals surface area contributed by atoms with Gasteiger partial charge in [0.05, 0.1) is 34.5 Å². The highest BCUT2D eigenvalue weighted by molar-refractivity contribution is 7.89. The van der Waals surface area contributed by atoms with Gasteiger partial charge in [-0.05, 0) is 60.4 Å². The normalized spacial score (nSPS) is 12.0. The van der Waals surface area contributed by atoms with Crippen molar-refractivity contribution in [1.82, 2.24) is 14.3 Å². The first-order chi connectivity index (χ1) is 18.6. The Morgan fingerprint density at radius 2 is 1.67 bits per heavy atom. The maximum absolute atomic E-state index is 13.8. The average Bonchev–Trinajstić information content (AvgIpc) is 3.34. The molecule has 0 fully saturated rings. The van der Waals surface area contributed by atoms with Crippen LogP contribution in [0.1, 0.15) is 43.7 Å². The maximum atomic E-state index is 13.8. The number of thiazole rings is 1. The molecule has 0 unspecified atom stereocenters. The molecule has 8 nitrogen and oxygen atoms in total. The van der Waals surface area contributed by atoms with Crippen LogP contribution in [-0.2, 0) is 16.6 Å². The Morgan fingerprint density at radius 1 is 0.974 bits per heavy atom. The third kappa shape index (κ3) is 6.81. The number of anilines is 1. The summed E-state index contributed by atoms with van der Waals surface area (Å²) >= 11 is 1.40. The predicted octanol–water partition coefficient (Wildman–Crippen LogP) is 5.85. The predicted molar refractivity (Wildman–Crippen MR) is 156 cm³/mol. The number of hydrogen-bond donors (Lipinski definition) is 0. The molecule has 0 saturated carbocycles. The number of pyridine rings is 1. The van der Waals surface area contributed by atoms with Gasteiger partial charge in [0.25, 0.3) is 5.91 Å². The van der Waals surface area contributed by atoms with Crippen molar-refractivity contribution in [2.75, 3.05) is 25.1 Å². The number of carbonyl (C=O) groups is 1. The number of ether oxygens (including phenoxy) is 1. The van der Waals surface area contributed by atoms with Crippen molar-refractivity contribution >= 4 is 42.6 Å². The molecular weight excluding hydrogens is 532 g/mol. The summed E-state index contributed by atoms with van der Waals surface area (Å²) in [7, 11) is -2.10. The molecule has 10 heteroatoms. The fraction of sp³-hybridized carbons (Fsp3) is 0.345. The second-order valence-corrected chi connectivity index (χ2v) is 13.1. The molecule has 0 spiro atoms. The number of sulfonamides is 1. The summed E-state index contributed by atoms with van der Waals surface area (Å²) in [4.78, 5) is 24.7. The minimum absolute atomic E-state index is 0.170. The lowest BCUT2D eigenvalue weighted by Gasteiger charge is -2.26. The van der Waals surface area contributed by atoms with Crippen LogP contribution in [-0.4, -0.2) is 48.8 Å². The van der Waals surface area contributed by atoms with Gasteiger partial charge in [-0.25, -0.2) is 13.4 Å². The zero-order chi connectivity index (χ0) is 28.2. The number of amides is 1. The molecule has 4 rings (SSSR count). The molecule has 0 aliphatic rings. The van der Waals surface area contributed by atoms with Gasteiger partial charge in [0.1, 0.15) is 5.75 Å². The van der Waals surface area contributed by atoms with E-state index in [4.69, 9.17) is 9.72 Å². The lowest BCUT2D eigenvalue weighted by molar-refractivity contribution is 0.0984. The Bertz CT molecular complexity index is 1510. The molecule has 0 aliphatic carbocycles. The van der Waals surface area contributed by atoms with E-state index in [9.17, 15) is 13.2 Å². The van der Waals surface area contributed by atoms with Crippen LogP contribution in [0.3, 0.4) is 0 Å². The van der Waals surface area contributed by atoms with Crippen LogP contribution < -0.4 is 9.64 Å². The molecule has 4 aromatic rings. The van der Waals surface area contributed by atoms with E-state index in [0.717, 1.165) is 10.2 Å². The van der Waals surface area contributed by atoms with Crippen LogP contribution >= 0.6 is 11.3 Å². The van der Waals surface area contributed by atoms with Gasteiger partial charge in [-0.15, -0.1) is 0 Å². The number of benzene rings is 2. The summed E-state index contributed by atoms with van der Waals surface area (Å²) in [5.41, 5.74) is 1.80. The van der Waals surface area contributed by atoms with E-state index in [1.807, 2.05) is 64.1 Å². The fourth-order valence-corrected chi connectivity index (χ4v) is 6.89. The highest BCUT2D eigenvalue weighted by Gasteiger charge is 2.27. The summed E-state index contributed by atoms with van der Waals surface area (Å²) in [6.07, 6.45) is 1.68. The minimum Gasteiger partial charge on any atom is -0.497 e. The summed E-state index contributed by atoms with van der Waals surface area (Å²) in [6, 6.07) is 17.3. The molecule has 2 aromatic heterocycles.